The summed E-state index contributed by atoms with van der Waals surface area (Å²) < 4.78 is 2.78. The van der Waals surface area contributed by atoms with Gasteiger partial charge < -0.3 is 11.1 Å². The number of amides is 2. The SMILES string of the molecule is Cc1ccccc1-n1ncc2c(C(C)C)nn(CC(=O)Nc3ccc(C(N)=O)cc3)c(=O)c21. The Hall–Kier alpha value is -4.27. The number of para-hydroxylation sites is 1. The number of carbonyl (C=O) groups excluding carboxylic acids is 2. The van der Waals surface area contributed by atoms with Crippen LogP contribution in [0.5, 0.6) is 0 Å². The van der Waals surface area contributed by atoms with E-state index in [1.165, 1.54) is 16.8 Å². The Balaban J connectivity index is 1.73. The number of nitrogens with two attached hydrogens (primary N) is 1. The third-order valence-corrected chi connectivity index (χ3v) is 5.35. The second kappa shape index (κ2) is 8.70. The number of hydrogen-bond donors (Lipinski definition) is 2. The van der Waals surface area contributed by atoms with Crippen LogP contribution in [-0.2, 0) is 11.3 Å². The Morgan fingerprint density at radius 1 is 1.09 bits per heavy atom. The van der Waals surface area contributed by atoms with Gasteiger partial charge in [0.1, 0.15) is 12.1 Å². The van der Waals surface area contributed by atoms with Gasteiger partial charge in [0.05, 0.1) is 17.6 Å². The summed E-state index contributed by atoms with van der Waals surface area (Å²) in [5, 5.41) is 12.3. The molecular formula is C24H24N6O3. The number of rotatable bonds is 6. The van der Waals surface area contributed by atoms with Crippen LogP contribution in [-0.4, -0.2) is 31.4 Å². The van der Waals surface area contributed by atoms with Crippen molar-refractivity contribution in [3.8, 4) is 5.69 Å². The van der Waals surface area contributed by atoms with Gasteiger partial charge in [-0.05, 0) is 48.7 Å². The van der Waals surface area contributed by atoms with Gasteiger partial charge in [-0.1, -0.05) is 32.0 Å². The first-order valence-corrected chi connectivity index (χ1v) is 10.5. The molecule has 0 fully saturated rings. The fraction of sp³-hybridized carbons (Fsp3) is 0.208. The van der Waals surface area contributed by atoms with Crippen LogP contribution in [0.3, 0.4) is 0 Å². The first kappa shape index (κ1) is 21.9. The number of nitrogens with zero attached hydrogens (tertiary/aromatic N) is 4. The zero-order chi connectivity index (χ0) is 23.7. The second-order valence-electron chi connectivity index (χ2n) is 8.10. The highest BCUT2D eigenvalue weighted by atomic mass is 16.2. The summed E-state index contributed by atoms with van der Waals surface area (Å²) in [5.74, 6) is -0.964. The number of carbonyl (C=O) groups is 2. The summed E-state index contributed by atoms with van der Waals surface area (Å²) in [5.41, 5.74) is 8.46. The maximum Gasteiger partial charge on any atom is 0.293 e. The molecule has 0 aliphatic rings. The molecule has 2 aromatic heterocycles. The lowest BCUT2D eigenvalue weighted by Crippen LogP contribution is -2.31. The largest absolute Gasteiger partial charge is 0.366 e. The Bertz CT molecular complexity index is 1420. The van der Waals surface area contributed by atoms with E-state index in [0.29, 0.717) is 27.8 Å². The minimum atomic E-state index is -0.552. The summed E-state index contributed by atoms with van der Waals surface area (Å²) in [6.45, 7) is 5.62. The number of hydrogen-bond acceptors (Lipinski definition) is 5. The molecule has 0 saturated carbocycles. The van der Waals surface area contributed by atoms with Crippen molar-refractivity contribution in [3.05, 3.63) is 81.9 Å². The van der Waals surface area contributed by atoms with Crippen LogP contribution in [0.25, 0.3) is 16.6 Å². The Kier molecular flexibility index (Phi) is 5.78. The molecule has 2 heterocycles. The first-order valence-electron chi connectivity index (χ1n) is 10.5. The van der Waals surface area contributed by atoms with Crippen LogP contribution >= 0.6 is 0 Å². The Morgan fingerprint density at radius 2 is 1.79 bits per heavy atom. The van der Waals surface area contributed by atoms with Gasteiger partial charge in [-0.3, -0.25) is 14.4 Å². The smallest absolute Gasteiger partial charge is 0.293 e. The number of aromatic nitrogens is 4. The third kappa shape index (κ3) is 4.25. The minimum absolute atomic E-state index is 0.0123. The average molecular weight is 444 g/mol. The maximum atomic E-state index is 13.4. The molecule has 0 spiro atoms. The fourth-order valence-corrected chi connectivity index (χ4v) is 3.66. The van der Waals surface area contributed by atoms with E-state index < -0.39 is 17.4 Å². The van der Waals surface area contributed by atoms with Crippen molar-refractivity contribution in [2.45, 2.75) is 33.2 Å². The van der Waals surface area contributed by atoms with Gasteiger partial charge >= 0.3 is 0 Å². The van der Waals surface area contributed by atoms with Gasteiger partial charge in [0.2, 0.25) is 11.8 Å². The van der Waals surface area contributed by atoms with E-state index >= 15 is 0 Å². The van der Waals surface area contributed by atoms with E-state index in [0.717, 1.165) is 11.3 Å². The lowest BCUT2D eigenvalue weighted by atomic mass is 10.1. The standard InChI is InChI=1S/C24H24N6O3/c1-14(2)21-18-12-26-30(19-7-5-4-6-15(19)3)22(18)24(33)29(28-21)13-20(31)27-17-10-8-16(9-11-17)23(25)32/h4-12,14H,13H2,1-3H3,(H2,25,32)(H,27,31). The summed E-state index contributed by atoms with van der Waals surface area (Å²) >= 11 is 0. The highest BCUT2D eigenvalue weighted by Crippen LogP contribution is 2.24. The molecule has 9 nitrogen and oxygen atoms in total. The van der Waals surface area contributed by atoms with Crippen molar-refractivity contribution in [2.75, 3.05) is 5.32 Å². The first-order chi connectivity index (χ1) is 15.8. The van der Waals surface area contributed by atoms with Gasteiger partial charge in [-0.25, -0.2) is 9.36 Å². The molecule has 3 N–H and O–H groups in total. The van der Waals surface area contributed by atoms with Crippen molar-refractivity contribution < 1.29 is 9.59 Å². The predicted molar refractivity (Wildman–Crippen MR) is 126 cm³/mol. The number of aryl methyl sites for hydroxylation is 1. The number of benzene rings is 2. The quantitative estimate of drug-likeness (QED) is 0.473. The molecule has 0 aliphatic heterocycles. The van der Waals surface area contributed by atoms with Crippen molar-refractivity contribution in [1.29, 1.82) is 0 Å². The molecule has 0 bridgehead atoms. The lowest BCUT2D eigenvalue weighted by molar-refractivity contribution is -0.117. The average Bonchev–Trinajstić information content (AvgIpc) is 3.21. The van der Waals surface area contributed by atoms with Gasteiger partial charge in [0.25, 0.3) is 5.56 Å². The number of nitrogens with one attached hydrogen (secondary N) is 1. The van der Waals surface area contributed by atoms with Gasteiger partial charge in [-0.15, -0.1) is 0 Å². The topological polar surface area (TPSA) is 125 Å². The fourth-order valence-electron chi connectivity index (χ4n) is 3.66. The number of fused-ring (bicyclic) bond motifs is 1. The molecule has 0 saturated heterocycles. The van der Waals surface area contributed by atoms with E-state index in [2.05, 4.69) is 15.5 Å². The van der Waals surface area contributed by atoms with Crippen LogP contribution in [0.1, 0.15) is 41.4 Å². The zero-order valence-electron chi connectivity index (χ0n) is 18.6. The van der Waals surface area contributed by atoms with Crippen LogP contribution in [0.15, 0.2) is 59.5 Å². The van der Waals surface area contributed by atoms with Gasteiger partial charge in [0.15, 0.2) is 0 Å². The molecule has 9 heteroatoms. The lowest BCUT2D eigenvalue weighted by Gasteiger charge is -2.13. The molecule has 0 radical (unpaired) electrons. The molecule has 2 aromatic carbocycles. The van der Waals surface area contributed by atoms with E-state index in [1.54, 1.807) is 23.0 Å². The van der Waals surface area contributed by atoms with Crippen molar-refractivity contribution >= 4 is 28.4 Å². The van der Waals surface area contributed by atoms with E-state index in [1.807, 2.05) is 45.0 Å². The van der Waals surface area contributed by atoms with Crippen LogP contribution in [0, 0.1) is 6.92 Å². The Labute approximate surface area is 189 Å². The molecule has 0 unspecified atom stereocenters. The van der Waals surface area contributed by atoms with E-state index in [4.69, 9.17) is 5.73 Å². The van der Waals surface area contributed by atoms with Crippen LogP contribution in [0.2, 0.25) is 0 Å². The van der Waals surface area contributed by atoms with Crippen molar-refractivity contribution in [2.24, 2.45) is 5.73 Å². The molecular weight excluding hydrogens is 420 g/mol. The van der Waals surface area contributed by atoms with Gasteiger partial charge in [-0.2, -0.15) is 10.2 Å². The second-order valence-corrected chi connectivity index (χ2v) is 8.10. The summed E-state index contributed by atoms with van der Waals surface area (Å²) in [7, 11) is 0. The molecule has 4 rings (SSSR count). The third-order valence-electron chi connectivity index (χ3n) is 5.35. The molecule has 168 valence electrons. The molecule has 0 aliphatic carbocycles. The van der Waals surface area contributed by atoms with Crippen LogP contribution in [0.4, 0.5) is 5.69 Å². The molecule has 33 heavy (non-hydrogen) atoms. The Morgan fingerprint density at radius 3 is 2.42 bits per heavy atom. The monoisotopic (exact) mass is 444 g/mol. The number of anilines is 1. The summed E-state index contributed by atoms with van der Waals surface area (Å²) in [6.07, 6.45) is 1.65. The molecule has 2 amide bonds. The summed E-state index contributed by atoms with van der Waals surface area (Å²) in [4.78, 5) is 37.3. The molecule has 4 aromatic rings. The minimum Gasteiger partial charge on any atom is -0.366 e. The predicted octanol–water partition coefficient (Wildman–Crippen LogP) is 2.75. The van der Waals surface area contributed by atoms with Crippen molar-refractivity contribution in [3.63, 3.8) is 0 Å². The number of primary amides is 1. The highest BCUT2D eigenvalue weighted by Gasteiger charge is 2.20. The van der Waals surface area contributed by atoms with Gasteiger partial charge in [0, 0.05) is 16.6 Å². The van der Waals surface area contributed by atoms with E-state index in [-0.39, 0.29) is 12.5 Å². The summed E-state index contributed by atoms with van der Waals surface area (Å²) in [6, 6.07) is 13.8. The highest BCUT2D eigenvalue weighted by molar-refractivity contribution is 5.94. The normalized spacial score (nSPS) is 11.2. The van der Waals surface area contributed by atoms with Crippen molar-refractivity contribution in [1.82, 2.24) is 19.6 Å². The van der Waals surface area contributed by atoms with Crippen LogP contribution < -0.4 is 16.6 Å². The molecule has 0 atom stereocenters. The van der Waals surface area contributed by atoms with E-state index in [9.17, 15) is 14.4 Å². The zero-order valence-corrected chi connectivity index (χ0v) is 18.6. The maximum absolute atomic E-state index is 13.4.